The minimum absolute atomic E-state index is 0.241. The summed E-state index contributed by atoms with van der Waals surface area (Å²) < 4.78 is 10.9. The highest BCUT2D eigenvalue weighted by Gasteiger charge is 2.36. The molecule has 2 aromatic rings. The molecule has 9 nitrogen and oxygen atoms in total. The average molecular weight is 452 g/mol. The molecule has 2 amide bonds. The number of amides is 2. The van der Waals surface area contributed by atoms with Crippen molar-refractivity contribution in [3.8, 4) is 5.75 Å². The first kappa shape index (κ1) is 22.6. The van der Waals surface area contributed by atoms with Gasteiger partial charge in [-0.05, 0) is 25.1 Å². The molecule has 1 atom stereocenters. The topological polar surface area (TPSA) is 96.0 Å². The molecule has 2 N–H and O–H groups in total. The van der Waals surface area contributed by atoms with Gasteiger partial charge in [-0.1, -0.05) is 24.3 Å². The van der Waals surface area contributed by atoms with Crippen molar-refractivity contribution in [2.24, 2.45) is 0 Å². The molecule has 0 spiro atoms. The lowest BCUT2D eigenvalue weighted by Gasteiger charge is -2.37. The SMILES string of the molecule is CCOC(=O)C1=C(CN2CCN(c3ccccn3)CC2)NC(=O)N[C@@H]1c1ccccc1OC. The number of methoxy groups -OCH3 is 1. The third-order valence-electron chi connectivity index (χ3n) is 5.83. The fraction of sp³-hybridized carbons (Fsp3) is 0.375. The summed E-state index contributed by atoms with van der Waals surface area (Å²) in [5.74, 6) is 1.09. The Morgan fingerprint density at radius 2 is 1.88 bits per heavy atom. The Bertz CT molecular complexity index is 1020. The van der Waals surface area contributed by atoms with E-state index >= 15 is 0 Å². The summed E-state index contributed by atoms with van der Waals surface area (Å²) in [6, 6.07) is 12.2. The lowest BCUT2D eigenvalue weighted by Crippen LogP contribution is -2.52. The van der Waals surface area contributed by atoms with Crippen molar-refractivity contribution in [3.63, 3.8) is 0 Å². The molecule has 2 aliphatic rings. The molecule has 9 heteroatoms. The number of urea groups is 1. The van der Waals surface area contributed by atoms with Gasteiger partial charge < -0.3 is 25.0 Å². The van der Waals surface area contributed by atoms with Gasteiger partial charge in [-0.25, -0.2) is 14.6 Å². The minimum Gasteiger partial charge on any atom is -0.496 e. The van der Waals surface area contributed by atoms with E-state index in [1.807, 2.05) is 42.5 Å². The largest absolute Gasteiger partial charge is 0.496 e. The highest BCUT2D eigenvalue weighted by Crippen LogP contribution is 2.33. The van der Waals surface area contributed by atoms with Crippen LogP contribution in [-0.2, 0) is 9.53 Å². The third-order valence-corrected chi connectivity index (χ3v) is 5.83. The van der Waals surface area contributed by atoms with Gasteiger partial charge in [0.2, 0.25) is 0 Å². The monoisotopic (exact) mass is 451 g/mol. The Labute approximate surface area is 193 Å². The maximum Gasteiger partial charge on any atom is 0.338 e. The second-order valence-electron chi connectivity index (χ2n) is 7.84. The number of para-hydroxylation sites is 1. The lowest BCUT2D eigenvalue weighted by molar-refractivity contribution is -0.139. The molecular formula is C24H29N5O4. The number of rotatable bonds is 7. The van der Waals surface area contributed by atoms with Crippen LogP contribution in [0.2, 0.25) is 0 Å². The molecule has 0 bridgehead atoms. The third kappa shape index (κ3) is 5.09. The Hall–Kier alpha value is -3.59. The zero-order valence-corrected chi connectivity index (χ0v) is 18.9. The van der Waals surface area contributed by atoms with Crippen LogP contribution in [0.15, 0.2) is 59.9 Å². The van der Waals surface area contributed by atoms with E-state index in [-0.39, 0.29) is 12.6 Å². The van der Waals surface area contributed by atoms with Crippen LogP contribution in [0.25, 0.3) is 0 Å². The maximum absolute atomic E-state index is 13.0. The van der Waals surface area contributed by atoms with Crippen LogP contribution in [0.3, 0.4) is 0 Å². The fourth-order valence-electron chi connectivity index (χ4n) is 4.23. The van der Waals surface area contributed by atoms with Gasteiger partial charge in [0.15, 0.2) is 0 Å². The molecule has 1 aromatic carbocycles. The van der Waals surface area contributed by atoms with Crippen molar-refractivity contribution in [2.75, 3.05) is 51.3 Å². The molecule has 1 aromatic heterocycles. The maximum atomic E-state index is 13.0. The summed E-state index contributed by atoms with van der Waals surface area (Å²) in [5, 5.41) is 5.72. The zero-order chi connectivity index (χ0) is 23.2. The number of hydrogen-bond donors (Lipinski definition) is 2. The molecule has 174 valence electrons. The van der Waals surface area contributed by atoms with Gasteiger partial charge in [0.25, 0.3) is 0 Å². The number of piperazine rings is 1. The predicted molar refractivity (Wildman–Crippen MR) is 124 cm³/mol. The highest BCUT2D eigenvalue weighted by molar-refractivity contribution is 5.95. The number of aromatic nitrogens is 1. The molecular weight excluding hydrogens is 422 g/mol. The van der Waals surface area contributed by atoms with Crippen LogP contribution in [0.1, 0.15) is 18.5 Å². The number of hydrogen-bond acceptors (Lipinski definition) is 7. The van der Waals surface area contributed by atoms with E-state index in [2.05, 4.69) is 25.4 Å². The summed E-state index contributed by atoms with van der Waals surface area (Å²) in [5.41, 5.74) is 1.66. The summed E-state index contributed by atoms with van der Waals surface area (Å²) in [4.78, 5) is 34.5. The number of ether oxygens (including phenoxy) is 2. The van der Waals surface area contributed by atoms with Crippen LogP contribution in [0.4, 0.5) is 10.6 Å². The van der Waals surface area contributed by atoms with Crippen LogP contribution in [0, 0.1) is 0 Å². The summed E-state index contributed by atoms with van der Waals surface area (Å²) in [6.07, 6.45) is 1.79. The second kappa shape index (κ2) is 10.4. The van der Waals surface area contributed by atoms with E-state index in [1.165, 1.54) is 0 Å². The first-order valence-corrected chi connectivity index (χ1v) is 11.1. The number of nitrogens with one attached hydrogen (secondary N) is 2. The summed E-state index contributed by atoms with van der Waals surface area (Å²) >= 11 is 0. The van der Waals surface area contributed by atoms with Crippen molar-refractivity contribution in [2.45, 2.75) is 13.0 Å². The molecule has 0 saturated carbocycles. The molecule has 1 fully saturated rings. The first-order valence-electron chi connectivity index (χ1n) is 11.1. The molecule has 1 saturated heterocycles. The molecule has 3 heterocycles. The molecule has 4 rings (SSSR count). The van der Waals surface area contributed by atoms with E-state index < -0.39 is 12.0 Å². The number of carbonyl (C=O) groups is 2. The Kier molecular flexibility index (Phi) is 7.09. The van der Waals surface area contributed by atoms with Crippen LogP contribution >= 0.6 is 0 Å². The van der Waals surface area contributed by atoms with E-state index in [1.54, 1.807) is 20.2 Å². The van der Waals surface area contributed by atoms with E-state index in [4.69, 9.17) is 9.47 Å². The van der Waals surface area contributed by atoms with Gasteiger partial charge in [0.1, 0.15) is 11.6 Å². The molecule has 33 heavy (non-hydrogen) atoms. The first-order chi connectivity index (χ1) is 16.1. The summed E-state index contributed by atoms with van der Waals surface area (Å²) in [6.45, 7) is 5.61. The normalized spacial score (nSPS) is 19.0. The number of pyridine rings is 1. The smallest absolute Gasteiger partial charge is 0.338 e. The Morgan fingerprint density at radius 1 is 1.12 bits per heavy atom. The van der Waals surface area contributed by atoms with Gasteiger partial charge in [0.05, 0.1) is 25.3 Å². The quantitative estimate of drug-likeness (QED) is 0.623. The fourth-order valence-corrected chi connectivity index (χ4v) is 4.23. The van der Waals surface area contributed by atoms with Crippen LogP contribution in [0.5, 0.6) is 5.75 Å². The molecule has 0 unspecified atom stereocenters. The zero-order valence-electron chi connectivity index (χ0n) is 18.9. The van der Waals surface area contributed by atoms with E-state index in [0.717, 1.165) is 32.0 Å². The molecule has 2 aliphatic heterocycles. The Morgan fingerprint density at radius 3 is 2.58 bits per heavy atom. The van der Waals surface area contributed by atoms with Crippen LogP contribution < -0.4 is 20.3 Å². The van der Waals surface area contributed by atoms with Crippen molar-refractivity contribution in [1.29, 1.82) is 0 Å². The number of esters is 1. The van der Waals surface area contributed by atoms with E-state index in [9.17, 15) is 9.59 Å². The minimum atomic E-state index is -0.668. The second-order valence-corrected chi connectivity index (χ2v) is 7.84. The molecule has 0 radical (unpaired) electrons. The number of carbonyl (C=O) groups excluding carboxylic acids is 2. The molecule has 0 aliphatic carbocycles. The van der Waals surface area contributed by atoms with Crippen molar-refractivity contribution in [1.82, 2.24) is 20.5 Å². The van der Waals surface area contributed by atoms with Gasteiger partial charge in [-0.3, -0.25) is 4.90 Å². The van der Waals surface area contributed by atoms with Gasteiger partial charge in [-0.15, -0.1) is 0 Å². The predicted octanol–water partition coefficient (Wildman–Crippen LogP) is 2.08. The Balaban J connectivity index is 1.59. The van der Waals surface area contributed by atoms with Gasteiger partial charge in [0, 0.05) is 50.2 Å². The van der Waals surface area contributed by atoms with Gasteiger partial charge in [-0.2, -0.15) is 0 Å². The lowest BCUT2D eigenvalue weighted by atomic mass is 9.94. The number of anilines is 1. The van der Waals surface area contributed by atoms with E-state index in [0.29, 0.717) is 29.1 Å². The van der Waals surface area contributed by atoms with Crippen molar-refractivity contribution in [3.05, 3.63) is 65.5 Å². The number of benzene rings is 1. The standard InChI is InChI=1S/C24H29N5O4/c1-3-33-23(30)21-18(16-28-12-14-29(15-13-28)20-10-6-7-11-25-20)26-24(31)27-22(21)17-8-4-5-9-19(17)32-2/h4-11,22H,3,12-16H2,1-2H3,(H2,26,27,31)/t22-/m1/s1. The highest BCUT2D eigenvalue weighted by atomic mass is 16.5. The van der Waals surface area contributed by atoms with Crippen LogP contribution in [-0.4, -0.2) is 68.3 Å². The summed E-state index contributed by atoms with van der Waals surface area (Å²) in [7, 11) is 1.57. The van der Waals surface area contributed by atoms with Crippen molar-refractivity contribution < 1.29 is 19.1 Å². The number of nitrogens with zero attached hydrogens (tertiary/aromatic N) is 3. The van der Waals surface area contributed by atoms with Crippen molar-refractivity contribution >= 4 is 17.8 Å². The van der Waals surface area contributed by atoms with Gasteiger partial charge >= 0.3 is 12.0 Å². The average Bonchev–Trinajstić information content (AvgIpc) is 2.84.